The van der Waals surface area contributed by atoms with Gasteiger partial charge in [-0.05, 0) is 36.4 Å². The molecule has 0 saturated carbocycles. The van der Waals surface area contributed by atoms with Crippen LogP contribution in [0.5, 0.6) is 5.75 Å². The Bertz CT molecular complexity index is 691. The van der Waals surface area contributed by atoms with Crippen molar-refractivity contribution >= 4 is 28.9 Å². The van der Waals surface area contributed by atoms with Gasteiger partial charge in [-0.3, -0.25) is 4.79 Å². The summed E-state index contributed by atoms with van der Waals surface area (Å²) >= 11 is 6.14. The summed E-state index contributed by atoms with van der Waals surface area (Å²) < 4.78 is 28.5. The first-order valence-electron chi connectivity index (χ1n) is 6.70. The number of nitrogens with zero attached hydrogens (tertiary/aromatic N) is 1. The van der Waals surface area contributed by atoms with Crippen LogP contribution in [0.25, 0.3) is 0 Å². The van der Waals surface area contributed by atoms with Gasteiger partial charge >= 0.3 is 6.61 Å². The van der Waals surface area contributed by atoms with Crippen molar-refractivity contribution in [1.29, 1.82) is 0 Å². The second-order valence-corrected chi connectivity index (χ2v) is 5.29. The molecule has 2 aromatic carbocycles. The van der Waals surface area contributed by atoms with Crippen LogP contribution in [0.15, 0.2) is 42.5 Å². The number of para-hydroxylation sites is 1. The fourth-order valence-electron chi connectivity index (χ4n) is 2.05. The van der Waals surface area contributed by atoms with Crippen molar-refractivity contribution in [3.05, 3.63) is 53.1 Å². The summed E-state index contributed by atoms with van der Waals surface area (Å²) in [5, 5.41) is 3.26. The minimum atomic E-state index is -2.90. The molecule has 1 N–H and O–H groups in total. The lowest BCUT2D eigenvalue weighted by molar-refractivity contribution is -0.0498. The van der Waals surface area contributed by atoms with Gasteiger partial charge in [-0.2, -0.15) is 8.78 Å². The summed E-state index contributed by atoms with van der Waals surface area (Å²) in [6.07, 6.45) is 0. The molecule has 0 fully saturated rings. The van der Waals surface area contributed by atoms with Crippen LogP contribution >= 0.6 is 11.6 Å². The van der Waals surface area contributed by atoms with Crippen LogP contribution in [0.4, 0.5) is 20.2 Å². The molecule has 0 atom stereocenters. The Morgan fingerprint density at radius 1 is 1.17 bits per heavy atom. The van der Waals surface area contributed by atoms with E-state index >= 15 is 0 Å². The third-order valence-corrected chi connectivity index (χ3v) is 3.33. The predicted molar refractivity (Wildman–Crippen MR) is 86.8 cm³/mol. The lowest BCUT2D eigenvalue weighted by Gasteiger charge is -2.19. The van der Waals surface area contributed by atoms with E-state index in [1.54, 1.807) is 23.1 Å². The first-order chi connectivity index (χ1) is 10.9. The zero-order valence-corrected chi connectivity index (χ0v) is 13.3. The molecule has 0 aliphatic carbocycles. The Balaban J connectivity index is 2.18. The number of alkyl halides is 2. The van der Waals surface area contributed by atoms with Gasteiger partial charge in [0.2, 0.25) is 0 Å². The molecule has 2 rings (SSSR count). The summed E-state index contributed by atoms with van der Waals surface area (Å²) in [6.45, 7) is -2.90. The average Bonchev–Trinajstić information content (AvgIpc) is 2.47. The number of anilines is 2. The van der Waals surface area contributed by atoms with Crippen LogP contribution in [0, 0.1) is 0 Å². The maximum atomic E-state index is 12.3. The van der Waals surface area contributed by atoms with Gasteiger partial charge in [0.05, 0.1) is 16.4 Å². The number of amides is 1. The van der Waals surface area contributed by atoms with Gasteiger partial charge in [0.1, 0.15) is 5.75 Å². The maximum absolute atomic E-state index is 12.3. The number of halogens is 3. The SMILES string of the molecule is CN(C)c1c(Cl)cccc1NC(=O)c1ccc(OC(F)F)cc1. The largest absolute Gasteiger partial charge is 0.435 e. The van der Waals surface area contributed by atoms with E-state index in [1.165, 1.54) is 24.3 Å². The minimum Gasteiger partial charge on any atom is -0.435 e. The molecule has 0 aliphatic heterocycles. The monoisotopic (exact) mass is 340 g/mol. The number of benzene rings is 2. The van der Waals surface area contributed by atoms with Gasteiger partial charge in [-0.25, -0.2) is 0 Å². The minimum absolute atomic E-state index is 0.00622. The first-order valence-corrected chi connectivity index (χ1v) is 7.08. The molecule has 0 aromatic heterocycles. The quantitative estimate of drug-likeness (QED) is 0.884. The first kappa shape index (κ1) is 17.0. The highest BCUT2D eigenvalue weighted by atomic mass is 35.5. The Labute approximate surface area is 137 Å². The topological polar surface area (TPSA) is 41.6 Å². The molecule has 23 heavy (non-hydrogen) atoms. The highest BCUT2D eigenvalue weighted by Gasteiger charge is 2.13. The Morgan fingerprint density at radius 3 is 2.39 bits per heavy atom. The number of nitrogens with one attached hydrogen (secondary N) is 1. The summed E-state index contributed by atoms with van der Waals surface area (Å²) in [5.41, 5.74) is 1.55. The summed E-state index contributed by atoms with van der Waals surface area (Å²) in [6, 6.07) is 10.6. The van der Waals surface area contributed by atoms with E-state index in [0.717, 1.165) is 0 Å². The Kier molecular flexibility index (Phi) is 5.39. The molecular weight excluding hydrogens is 326 g/mol. The van der Waals surface area contributed by atoms with Gasteiger partial charge in [-0.1, -0.05) is 17.7 Å². The molecule has 0 bridgehead atoms. The van der Waals surface area contributed by atoms with Gasteiger partial charge in [0.15, 0.2) is 0 Å². The van der Waals surface area contributed by atoms with Crippen LogP contribution in [0.2, 0.25) is 5.02 Å². The zero-order chi connectivity index (χ0) is 17.0. The third kappa shape index (κ3) is 4.32. The standard InChI is InChI=1S/C16H15ClF2N2O2/c1-21(2)14-12(17)4-3-5-13(14)20-15(22)10-6-8-11(9-7-10)23-16(18)19/h3-9,16H,1-2H3,(H,20,22). The second kappa shape index (κ2) is 7.28. The lowest BCUT2D eigenvalue weighted by Crippen LogP contribution is -2.17. The van der Waals surface area contributed by atoms with Crippen LogP contribution in [0.3, 0.4) is 0 Å². The van der Waals surface area contributed by atoms with E-state index in [1.807, 2.05) is 14.1 Å². The van der Waals surface area contributed by atoms with Crippen LogP contribution in [0.1, 0.15) is 10.4 Å². The fraction of sp³-hybridized carbons (Fsp3) is 0.188. The second-order valence-electron chi connectivity index (χ2n) is 4.89. The molecule has 1 amide bonds. The van der Waals surface area contributed by atoms with Crippen molar-refractivity contribution in [3.8, 4) is 5.75 Å². The normalized spacial score (nSPS) is 10.5. The van der Waals surface area contributed by atoms with E-state index in [2.05, 4.69) is 10.1 Å². The van der Waals surface area contributed by atoms with Crippen molar-refractivity contribution < 1.29 is 18.3 Å². The fourth-order valence-corrected chi connectivity index (χ4v) is 2.40. The Hall–Kier alpha value is -2.34. The Morgan fingerprint density at radius 2 is 1.83 bits per heavy atom. The average molecular weight is 341 g/mol. The molecule has 2 aromatic rings. The number of carbonyl (C=O) groups excluding carboxylic acids is 1. The summed E-state index contributed by atoms with van der Waals surface area (Å²) in [4.78, 5) is 14.1. The van der Waals surface area contributed by atoms with E-state index in [4.69, 9.17) is 11.6 Å². The lowest BCUT2D eigenvalue weighted by atomic mass is 10.2. The number of hydrogen-bond acceptors (Lipinski definition) is 3. The van der Waals surface area contributed by atoms with Gasteiger partial charge in [0, 0.05) is 19.7 Å². The zero-order valence-electron chi connectivity index (χ0n) is 12.5. The van der Waals surface area contributed by atoms with E-state index in [0.29, 0.717) is 22.0 Å². The van der Waals surface area contributed by atoms with Crippen molar-refractivity contribution in [2.24, 2.45) is 0 Å². The van der Waals surface area contributed by atoms with Crippen molar-refractivity contribution in [1.82, 2.24) is 0 Å². The molecule has 0 aliphatic rings. The summed E-state index contributed by atoms with van der Waals surface area (Å²) in [5.74, 6) is -0.382. The molecule has 0 spiro atoms. The highest BCUT2D eigenvalue weighted by Crippen LogP contribution is 2.32. The van der Waals surface area contributed by atoms with Gasteiger partial charge < -0.3 is 15.0 Å². The number of hydrogen-bond donors (Lipinski definition) is 1. The molecule has 0 heterocycles. The molecule has 0 saturated heterocycles. The molecule has 0 unspecified atom stereocenters. The molecule has 122 valence electrons. The summed E-state index contributed by atoms with van der Waals surface area (Å²) in [7, 11) is 3.63. The molecule has 0 radical (unpaired) electrons. The van der Waals surface area contributed by atoms with Crippen LogP contribution in [-0.2, 0) is 0 Å². The van der Waals surface area contributed by atoms with Crippen molar-refractivity contribution in [2.45, 2.75) is 6.61 Å². The number of carbonyl (C=O) groups is 1. The molecule has 7 heteroatoms. The predicted octanol–water partition coefficient (Wildman–Crippen LogP) is 4.26. The molecule has 4 nitrogen and oxygen atoms in total. The van der Waals surface area contributed by atoms with Crippen LogP contribution < -0.4 is 15.0 Å². The highest BCUT2D eigenvalue weighted by molar-refractivity contribution is 6.34. The maximum Gasteiger partial charge on any atom is 0.387 e. The van der Waals surface area contributed by atoms with E-state index in [9.17, 15) is 13.6 Å². The third-order valence-electron chi connectivity index (χ3n) is 3.02. The van der Waals surface area contributed by atoms with Gasteiger partial charge in [0.25, 0.3) is 5.91 Å². The van der Waals surface area contributed by atoms with Crippen LogP contribution in [-0.4, -0.2) is 26.6 Å². The smallest absolute Gasteiger partial charge is 0.387 e. The number of rotatable bonds is 5. The number of ether oxygens (including phenoxy) is 1. The van der Waals surface area contributed by atoms with Crippen molar-refractivity contribution in [2.75, 3.05) is 24.3 Å². The van der Waals surface area contributed by atoms with E-state index < -0.39 is 6.61 Å². The molecular formula is C16H15ClF2N2O2. The van der Waals surface area contributed by atoms with E-state index in [-0.39, 0.29) is 11.7 Å². The van der Waals surface area contributed by atoms with Crippen molar-refractivity contribution in [3.63, 3.8) is 0 Å². The van der Waals surface area contributed by atoms with Gasteiger partial charge in [-0.15, -0.1) is 0 Å².